The van der Waals surface area contributed by atoms with E-state index in [4.69, 9.17) is 18.9 Å². The van der Waals surface area contributed by atoms with Crippen LogP contribution < -0.4 is 24.4 Å². The molecule has 0 saturated heterocycles. The SMILES string of the molecule is CCCOc1ccc(C(=O)Oc2ccc(Br)cc2/C=N\NC(=O)c2ccc(OC)c(OC)c2)cc1. The van der Waals surface area contributed by atoms with Crippen LogP contribution in [0.3, 0.4) is 0 Å². The zero-order valence-electron chi connectivity index (χ0n) is 19.5. The summed E-state index contributed by atoms with van der Waals surface area (Å²) in [6, 6.07) is 16.6. The van der Waals surface area contributed by atoms with Gasteiger partial charge in [0.05, 0.1) is 32.6 Å². The summed E-state index contributed by atoms with van der Waals surface area (Å²) in [4.78, 5) is 25.1. The van der Waals surface area contributed by atoms with Crippen molar-refractivity contribution in [2.45, 2.75) is 13.3 Å². The van der Waals surface area contributed by atoms with Crippen molar-refractivity contribution in [3.8, 4) is 23.0 Å². The minimum atomic E-state index is -0.529. The van der Waals surface area contributed by atoms with Gasteiger partial charge in [0, 0.05) is 15.6 Å². The third kappa shape index (κ3) is 7.07. The van der Waals surface area contributed by atoms with Crippen molar-refractivity contribution < 1.29 is 28.5 Å². The lowest BCUT2D eigenvalue weighted by Gasteiger charge is -2.10. The highest BCUT2D eigenvalue weighted by Gasteiger charge is 2.13. The molecule has 3 rings (SSSR count). The van der Waals surface area contributed by atoms with Crippen molar-refractivity contribution in [2.75, 3.05) is 20.8 Å². The fraction of sp³-hybridized carbons (Fsp3) is 0.192. The molecule has 1 amide bonds. The van der Waals surface area contributed by atoms with Crippen LogP contribution in [0.2, 0.25) is 0 Å². The van der Waals surface area contributed by atoms with Gasteiger partial charge in [-0.3, -0.25) is 4.79 Å². The largest absolute Gasteiger partial charge is 0.494 e. The molecule has 0 aliphatic heterocycles. The van der Waals surface area contributed by atoms with Crippen LogP contribution >= 0.6 is 15.9 Å². The van der Waals surface area contributed by atoms with Crippen LogP contribution in [0.4, 0.5) is 0 Å². The summed E-state index contributed by atoms with van der Waals surface area (Å²) >= 11 is 3.39. The first kappa shape index (κ1) is 25.8. The molecule has 0 atom stereocenters. The topological polar surface area (TPSA) is 95.5 Å². The lowest BCUT2D eigenvalue weighted by atomic mass is 10.2. The van der Waals surface area contributed by atoms with E-state index in [1.54, 1.807) is 60.7 Å². The van der Waals surface area contributed by atoms with Gasteiger partial charge in [-0.15, -0.1) is 0 Å². The summed E-state index contributed by atoms with van der Waals surface area (Å²) in [5, 5.41) is 4.01. The highest BCUT2D eigenvalue weighted by molar-refractivity contribution is 9.10. The summed E-state index contributed by atoms with van der Waals surface area (Å²) in [6.07, 6.45) is 2.29. The minimum absolute atomic E-state index is 0.286. The van der Waals surface area contributed by atoms with Gasteiger partial charge in [0.15, 0.2) is 11.5 Å². The fourth-order valence-electron chi connectivity index (χ4n) is 2.98. The summed E-state index contributed by atoms with van der Waals surface area (Å²) in [5.74, 6) is 0.935. The summed E-state index contributed by atoms with van der Waals surface area (Å²) < 4.78 is 22.3. The number of nitrogens with zero attached hydrogens (tertiary/aromatic N) is 1. The Balaban J connectivity index is 1.70. The molecular formula is C26H25BrN2O6. The first-order valence-electron chi connectivity index (χ1n) is 10.7. The van der Waals surface area contributed by atoms with Crippen molar-refractivity contribution >= 4 is 34.0 Å². The first-order chi connectivity index (χ1) is 16.9. The van der Waals surface area contributed by atoms with Crippen LogP contribution in [0.5, 0.6) is 23.0 Å². The Kier molecular flexibility index (Phi) is 9.25. The van der Waals surface area contributed by atoms with Gasteiger partial charge in [-0.1, -0.05) is 22.9 Å². The number of hydrazone groups is 1. The van der Waals surface area contributed by atoms with Gasteiger partial charge in [0.2, 0.25) is 0 Å². The molecule has 0 bridgehead atoms. The highest BCUT2D eigenvalue weighted by atomic mass is 79.9. The maximum absolute atomic E-state index is 12.6. The smallest absolute Gasteiger partial charge is 0.343 e. The lowest BCUT2D eigenvalue weighted by Crippen LogP contribution is -2.18. The summed E-state index contributed by atoms with van der Waals surface area (Å²) in [7, 11) is 3.00. The molecule has 0 aliphatic rings. The predicted octanol–water partition coefficient (Wildman–Crippen LogP) is 5.24. The molecule has 0 spiro atoms. The quantitative estimate of drug-likeness (QED) is 0.163. The number of benzene rings is 3. The maximum Gasteiger partial charge on any atom is 0.343 e. The number of nitrogens with one attached hydrogen (secondary N) is 1. The van der Waals surface area contributed by atoms with Crippen LogP contribution in [0.1, 0.15) is 39.6 Å². The lowest BCUT2D eigenvalue weighted by molar-refractivity contribution is 0.0734. The molecule has 0 aliphatic carbocycles. The monoisotopic (exact) mass is 540 g/mol. The third-order valence-electron chi connectivity index (χ3n) is 4.75. The summed E-state index contributed by atoms with van der Waals surface area (Å²) in [6.45, 7) is 2.63. The van der Waals surface area contributed by atoms with E-state index in [0.29, 0.717) is 40.5 Å². The van der Waals surface area contributed by atoms with E-state index in [0.717, 1.165) is 10.9 Å². The number of hydrogen-bond donors (Lipinski definition) is 1. The summed E-state index contributed by atoms with van der Waals surface area (Å²) in [5.41, 5.74) is 3.66. The van der Waals surface area contributed by atoms with Crippen molar-refractivity contribution in [1.29, 1.82) is 0 Å². The predicted molar refractivity (Wildman–Crippen MR) is 136 cm³/mol. The van der Waals surface area contributed by atoms with Gasteiger partial charge in [-0.2, -0.15) is 5.10 Å². The molecule has 0 saturated carbocycles. The molecular weight excluding hydrogens is 516 g/mol. The number of rotatable bonds is 10. The van der Waals surface area contributed by atoms with Crippen molar-refractivity contribution in [3.63, 3.8) is 0 Å². The molecule has 0 heterocycles. The van der Waals surface area contributed by atoms with Crippen LogP contribution in [0.15, 0.2) is 70.2 Å². The van der Waals surface area contributed by atoms with Gasteiger partial charge in [0.1, 0.15) is 11.5 Å². The third-order valence-corrected chi connectivity index (χ3v) is 5.25. The van der Waals surface area contributed by atoms with E-state index in [1.165, 1.54) is 20.4 Å². The van der Waals surface area contributed by atoms with Crippen molar-refractivity contribution in [3.05, 3.63) is 81.8 Å². The van der Waals surface area contributed by atoms with Crippen LogP contribution in [0, 0.1) is 0 Å². The first-order valence-corrected chi connectivity index (χ1v) is 11.5. The maximum atomic E-state index is 12.6. The zero-order valence-corrected chi connectivity index (χ0v) is 21.1. The molecule has 8 nitrogen and oxygen atoms in total. The van der Waals surface area contributed by atoms with Gasteiger partial charge in [-0.05, 0) is 67.1 Å². The Morgan fingerprint density at radius 2 is 1.60 bits per heavy atom. The Hall–Kier alpha value is -3.85. The normalized spacial score (nSPS) is 10.6. The number of carbonyl (C=O) groups excluding carboxylic acids is 2. The number of carbonyl (C=O) groups is 2. The van der Waals surface area contributed by atoms with E-state index in [9.17, 15) is 9.59 Å². The molecule has 0 radical (unpaired) electrons. The number of amides is 1. The van der Waals surface area contributed by atoms with E-state index < -0.39 is 11.9 Å². The second-order valence-corrected chi connectivity index (χ2v) is 8.13. The van der Waals surface area contributed by atoms with E-state index in [1.807, 2.05) is 6.92 Å². The van der Waals surface area contributed by atoms with Gasteiger partial charge >= 0.3 is 5.97 Å². The van der Waals surface area contributed by atoms with E-state index in [2.05, 4.69) is 26.5 Å². The number of esters is 1. The second-order valence-electron chi connectivity index (χ2n) is 7.21. The van der Waals surface area contributed by atoms with Crippen molar-refractivity contribution in [2.24, 2.45) is 5.10 Å². The second kappa shape index (κ2) is 12.6. The number of hydrogen-bond acceptors (Lipinski definition) is 7. The van der Waals surface area contributed by atoms with Crippen LogP contribution in [-0.4, -0.2) is 38.9 Å². The van der Waals surface area contributed by atoms with Gasteiger partial charge in [0.25, 0.3) is 5.91 Å². The molecule has 182 valence electrons. The average Bonchev–Trinajstić information content (AvgIpc) is 2.88. The van der Waals surface area contributed by atoms with Gasteiger partial charge in [-0.25, -0.2) is 10.2 Å². The average molecular weight is 541 g/mol. The van der Waals surface area contributed by atoms with Gasteiger partial charge < -0.3 is 18.9 Å². The number of halogens is 1. The molecule has 35 heavy (non-hydrogen) atoms. The van der Waals surface area contributed by atoms with Crippen molar-refractivity contribution in [1.82, 2.24) is 5.43 Å². The van der Waals surface area contributed by atoms with Crippen LogP contribution in [0.25, 0.3) is 0 Å². The molecule has 0 unspecified atom stereocenters. The molecule has 0 aromatic heterocycles. The Labute approximate surface area is 212 Å². The highest BCUT2D eigenvalue weighted by Crippen LogP contribution is 2.27. The fourth-order valence-corrected chi connectivity index (χ4v) is 3.36. The van der Waals surface area contributed by atoms with E-state index in [-0.39, 0.29) is 5.75 Å². The standard InChI is InChI=1S/C26H25BrN2O6/c1-4-13-34-21-9-5-17(6-10-21)26(31)35-22-12-8-20(27)14-19(22)16-28-29-25(30)18-7-11-23(32-2)24(15-18)33-3/h5-12,14-16H,4,13H2,1-3H3,(H,29,30)/b28-16-. The molecule has 1 N–H and O–H groups in total. The molecule has 9 heteroatoms. The zero-order chi connectivity index (χ0) is 25.2. The van der Waals surface area contributed by atoms with Crippen LogP contribution in [-0.2, 0) is 0 Å². The molecule has 0 fully saturated rings. The minimum Gasteiger partial charge on any atom is -0.494 e. The Morgan fingerprint density at radius 3 is 2.29 bits per heavy atom. The van der Waals surface area contributed by atoms with E-state index >= 15 is 0 Å². The molecule has 3 aromatic rings. The number of ether oxygens (including phenoxy) is 4. The number of methoxy groups -OCH3 is 2. The Morgan fingerprint density at radius 1 is 0.914 bits per heavy atom. The molecule has 3 aromatic carbocycles. The Bertz CT molecular complexity index is 1210.